The second-order valence-corrected chi connectivity index (χ2v) is 2.85. The minimum atomic E-state index is -0.424. The van der Waals surface area contributed by atoms with E-state index >= 15 is 0 Å². The Bertz CT molecular complexity index is 533. The van der Waals surface area contributed by atoms with Crippen LogP contribution < -0.4 is 10.3 Å². The first-order valence-electron chi connectivity index (χ1n) is 4.08. The molecule has 14 heavy (non-hydrogen) atoms. The summed E-state index contributed by atoms with van der Waals surface area (Å²) in [5.74, 6) is -0.0462. The van der Waals surface area contributed by atoms with E-state index in [2.05, 4.69) is 4.98 Å². The molecule has 0 aliphatic carbocycles. The Kier molecular flexibility index (Phi) is 1.96. The number of aromatic amines is 1. The Morgan fingerprint density at radius 1 is 1.36 bits per heavy atom. The fourth-order valence-electron chi connectivity index (χ4n) is 1.41. The smallest absolute Gasteiger partial charge is 0.259 e. The number of hydrogen-bond donors (Lipinski definition) is 1. The second kappa shape index (κ2) is 3.14. The minimum absolute atomic E-state index is 0.245. The van der Waals surface area contributed by atoms with E-state index < -0.39 is 5.82 Å². The summed E-state index contributed by atoms with van der Waals surface area (Å²) in [5, 5.41) is 0.517. The highest BCUT2D eigenvalue weighted by Gasteiger charge is 2.08. The monoisotopic (exact) mass is 193 g/mol. The number of pyridine rings is 1. The molecule has 0 radical (unpaired) electrons. The van der Waals surface area contributed by atoms with Crippen LogP contribution in [0, 0.1) is 5.82 Å². The molecule has 0 unspecified atom stereocenters. The summed E-state index contributed by atoms with van der Waals surface area (Å²) >= 11 is 0. The average Bonchev–Trinajstić information content (AvgIpc) is 2.20. The molecule has 0 amide bonds. The standard InChI is InChI=1S/C10H8FNO2/c1-14-8-3-2-7(11)6-4-5-12-10(13)9(6)8/h2-5H,1H3,(H,12,13). The molecule has 1 aromatic carbocycles. The molecule has 72 valence electrons. The number of aromatic nitrogens is 1. The summed E-state index contributed by atoms with van der Waals surface area (Å²) < 4.78 is 18.3. The van der Waals surface area contributed by atoms with E-state index in [4.69, 9.17) is 4.74 Å². The highest BCUT2D eigenvalue weighted by Crippen LogP contribution is 2.23. The highest BCUT2D eigenvalue weighted by atomic mass is 19.1. The lowest BCUT2D eigenvalue weighted by Crippen LogP contribution is -2.06. The summed E-state index contributed by atoms with van der Waals surface area (Å²) in [6.45, 7) is 0. The number of halogens is 1. The van der Waals surface area contributed by atoms with Crippen LogP contribution in [0.5, 0.6) is 5.75 Å². The van der Waals surface area contributed by atoms with Gasteiger partial charge in [-0.15, -0.1) is 0 Å². The molecule has 4 heteroatoms. The number of rotatable bonds is 1. The molecule has 0 saturated carbocycles. The summed E-state index contributed by atoms with van der Waals surface area (Å²) in [5.41, 5.74) is -0.348. The van der Waals surface area contributed by atoms with Crippen molar-refractivity contribution in [3.8, 4) is 5.75 Å². The topological polar surface area (TPSA) is 42.1 Å². The first-order valence-corrected chi connectivity index (χ1v) is 4.08. The predicted molar refractivity (Wildman–Crippen MR) is 51.1 cm³/mol. The van der Waals surface area contributed by atoms with Gasteiger partial charge in [-0.05, 0) is 18.2 Å². The van der Waals surface area contributed by atoms with Crippen molar-refractivity contribution in [3.05, 3.63) is 40.6 Å². The van der Waals surface area contributed by atoms with Gasteiger partial charge in [0.1, 0.15) is 11.6 Å². The van der Waals surface area contributed by atoms with Gasteiger partial charge >= 0.3 is 0 Å². The fraction of sp³-hybridized carbons (Fsp3) is 0.100. The van der Waals surface area contributed by atoms with Crippen molar-refractivity contribution in [1.29, 1.82) is 0 Å². The van der Waals surface area contributed by atoms with Gasteiger partial charge in [-0.3, -0.25) is 4.79 Å². The Morgan fingerprint density at radius 2 is 2.14 bits per heavy atom. The third-order valence-corrected chi connectivity index (χ3v) is 2.07. The van der Waals surface area contributed by atoms with E-state index in [9.17, 15) is 9.18 Å². The molecule has 0 aliphatic heterocycles. The zero-order valence-electron chi connectivity index (χ0n) is 7.50. The number of fused-ring (bicyclic) bond motifs is 1. The van der Waals surface area contributed by atoms with E-state index in [1.165, 1.54) is 31.5 Å². The Labute approximate surface area is 79.1 Å². The first-order chi connectivity index (χ1) is 6.74. The summed E-state index contributed by atoms with van der Waals surface area (Å²) in [6.07, 6.45) is 1.41. The average molecular weight is 193 g/mol. The Hall–Kier alpha value is -1.84. The van der Waals surface area contributed by atoms with Gasteiger partial charge in [-0.1, -0.05) is 0 Å². The van der Waals surface area contributed by atoms with Crippen LogP contribution in [-0.4, -0.2) is 12.1 Å². The van der Waals surface area contributed by atoms with Crippen molar-refractivity contribution in [1.82, 2.24) is 4.98 Å². The van der Waals surface area contributed by atoms with Crippen molar-refractivity contribution in [3.63, 3.8) is 0 Å². The lowest BCUT2D eigenvalue weighted by molar-refractivity contribution is 0.419. The predicted octanol–water partition coefficient (Wildman–Crippen LogP) is 1.68. The van der Waals surface area contributed by atoms with Crippen LogP contribution >= 0.6 is 0 Å². The zero-order chi connectivity index (χ0) is 10.1. The van der Waals surface area contributed by atoms with Crippen LogP contribution in [0.25, 0.3) is 10.8 Å². The maximum Gasteiger partial charge on any atom is 0.259 e. The third kappa shape index (κ3) is 1.16. The number of benzene rings is 1. The third-order valence-electron chi connectivity index (χ3n) is 2.07. The molecule has 3 nitrogen and oxygen atoms in total. The van der Waals surface area contributed by atoms with Crippen molar-refractivity contribution >= 4 is 10.8 Å². The van der Waals surface area contributed by atoms with Crippen molar-refractivity contribution in [2.45, 2.75) is 0 Å². The van der Waals surface area contributed by atoms with E-state index in [1.807, 2.05) is 0 Å². The van der Waals surface area contributed by atoms with Gasteiger partial charge in [0.2, 0.25) is 0 Å². The van der Waals surface area contributed by atoms with Gasteiger partial charge in [0.25, 0.3) is 5.56 Å². The molecule has 1 N–H and O–H groups in total. The number of ether oxygens (including phenoxy) is 1. The molecule has 0 spiro atoms. The maximum atomic E-state index is 13.3. The molecule has 2 rings (SSSR count). The van der Waals surface area contributed by atoms with Gasteiger partial charge < -0.3 is 9.72 Å². The lowest BCUT2D eigenvalue weighted by atomic mass is 10.1. The number of nitrogens with one attached hydrogen (secondary N) is 1. The van der Waals surface area contributed by atoms with Crippen LogP contribution in [0.3, 0.4) is 0 Å². The lowest BCUT2D eigenvalue weighted by Gasteiger charge is -2.04. The molecular formula is C10H8FNO2. The minimum Gasteiger partial charge on any atom is -0.496 e. The summed E-state index contributed by atoms with van der Waals surface area (Å²) in [4.78, 5) is 13.9. The summed E-state index contributed by atoms with van der Waals surface area (Å²) in [7, 11) is 1.44. The highest BCUT2D eigenvalue weighted by molar-refractivity contribution is 5.87. The molecule has 0 aliphatic rings. The number of H-pyrrole nitrogens is 1. The molecule has 0 atom stereocenters. The van der Waals surface area contributed by atoms with Gasteiger partial charge in [-0.25, -0.2) is 4.39 Å². The molecule has 0 fully saturated rings. The van der Waals surface area contributed by atoms with Crippen LogP contribution in [0.2, 0.25) is 0 Å². The maximum absolute atomic E-state index is 13.3. The second-order valence-electron chi connectivity index (χ2n) is 2.85. The first kappa shape index (κ1) is 8.74. The fourth-order valence-corrected chi connectivity index (χ4v) is 1.41. The van der Waals surface area contributed by atoms with E-state index in [1.54, 1.807) is 0 Å². The summed E-state index contributed by atoms with van der Waals surface area (Å²) in [6, 6.07) is 4.22. The molecular weight excluding hydrogens is 185 g/mol. The van der Waals surface area contributed by atoms with Crippen LogP contribution in [0.1, 0.15) is 0 Å². The quantitative estimate of drug-likeness (QED) is 0.748. The molecule has 1 aromatic heterocycles. The van der Waals surface area contributed by atoms with Crippen LogP contribution in [0.15, 0.2) is 29.2 Å². The molecule has 0 saturated heterocycles. The Morgan fingerprint density at radius 3 is 2.86 bits per heavy atom. The normalized spacial score (nSPS) is 10.4. The largest absolute Gasteiger partial charge is 0.496 e. The van der Waals surface area contributed by atoms with Crippen LogP contribution in [0.4, 0.5) is 4.39 Å². The molecule has 1 heterocycles. The van der Waals surface area contributed by atoms with E-state index in [0.29, 0.717) is 5.75 Å². The van der Waals surface area contributed by atoms with Crippen LogP contribution in [-0.2, 0) is 0 Å². The SMILES string of the molecule is COc1ccc(F)c2cc[nH]c(=O)c12. The van der Waals surface area contributed by atoms with E-state index in [0.717, 1.165) is 0 Å². The molecule has 2 aromatic rings. The van der Waals surface area contributed by atoms with Crippen molar-refractivity contribution in [2.24, 2.45) is 0 Å². The molecule has 0 bridgehead atoms. The van der Waals surface area contributed by atoms with Crippen molar-refractivity contribution < 1.29 is 9.13 Å². The van der Waals surface area contributed by atoms with E-state index in [-0.39, 0.29) is 16.3 Å². The van der Waals surface area contributed by atoms with Gasteiger partial charge in [0, 0.05) is 11.6 Å². The number of methoxy groups -OCH3 is 1. The van der Waals surface area contributed by atoms with Gasteiger partial charge in [0.15, 0.2) is 0 Å². The zero-order valence-corrected chi connectivity index (χ0v) is 7.50. The van der Waals surface area contributed by atoms with Gasteiger partial charge in [-0.2, -0.15) is 0 Å². The number of hydrogen-bond acceptors (Lipinski definition) is 2. The van der Waals surface area contributed by atoms with Gasteiger partial charge in [0.05, 0.1) is 12.5 Å². The Balaban J connectivity index is 3.00. The van der Waals surface area contributed by atoms with Crippen molar-refractivity contribution in [2.75, 3.05) is 7.11 Å².